The number of phenols is 1. The molecule has 5 nitrogen and oxygen atoms in total. The van der Waals surface area contributed by atoms with Gasteiger partial charge in [-0.25, -0.2) is 0 Å². The van der Waals surface area contributed by atoms with Crippen LogP contribution in [-0.4, -0.2) is 15.6 Å². The van der Waals surface area contributed by atoms with Gasteiger partial charge in [0, 0.05) is 12.0 Å². The molecule has 1 aromatic carbocycles. The van der Waals surface area contributed by atoms with E-state index in [2.05, 4.69) is 32.9 Å². The van der Waals surface area contributed by atoms with Crippen molar-refractivity contribution in [2.45, 2.75) is 112 Å². The highest BCUT2D eigenvalue weighted by molar-refractivity contribution is 5.58. The van der Waals surface area contributed by atoms with Gasteiger partial charge in [0.15, 0.2) is 0 Å². The summed E-state index contributed by atoms with van der Waals surface area (Å²) >= 11 is 0. The highest BCUT2D eigenvalue weighted by atomic mass is 16.6. The third kappa shape index (κ3) is 6.97. The minimum absolute atomic E-state index is 0.194. The fraction of sp³-hybridized carbons (Fsp3) is 0.586. The average molecular weight is 470 g/mol. The number of benzene rings is 1. The normalized spacial score (nSPS) is 18.4. The van der Waals surface area contributed by atoms with E-state index < -0.39 is 0 Å². The van der Waals surface area contributed by atoms with E-state index in [1.165, 1.54) is 11.1 Å². The molecule has 1 unspecified atom stereocenters. The molecule has 1 aliphatic rings. The van der Waals surface area contributed by atoms with Crippen LogP contribution in [0.2, 0.25) is 0 Å². The van der Waals surface area contributed by atoms with Crippen LogP contribution in [0, 0.1) is 30.9 Å². The van der Waals surface area contributed by atoms with Crippen molar-refractivity contribution < 1.29 is 14.8 Å². The standard InChI is InChI=1S/C29H43NO4/c1-19(2)26(30(32)33)15-14-21(4)12-9-11-20(3)13-10-17-29(8)18-16-25-24(7)27(31)22(5)23(6)28(25)34-29/h12-13,31H,9-11,14-18H2,1-8H3/b20-13+,21-12+. The smallest absolute Gasteiger partial charge is 0.245 e. The molecule has 0 aromatic heterocycles. The Labute approximate surface area is 205 Å². The SMILES string of the molecule is CC(C)=C(CC/C(C)=C/CC/C(C)=C/CCC1(C)CCc2c(C)c(O)c(C)c(C)c2O1)[N+](=O)[O-]. The summed E-state index contributed by atoms with van der Waals surface area (Å²) in [6, 6.07) is 0. The van der Waals surface area contributed by atoms with Crippen molar-refractivity contribution in [1.29, 1.82) is 0 Å². The molecule has 0 saturated heterocycles. The van der Waals surface area contributed by atoms with Crippen molar-refractivity contribution in [2.75, 3.05) is 0 Å². The van der Waals surface area contributed by atoms with Gasteiger partial charge in [-0.15, -0.1) is 0 Å². The fourth-order valence-electron chi connectivity index (χ4n) is 4.68. The second-order valence-corrected chi connectivity index (χ2v) is 10.5. The van der Waals surface area contributed by atoms with Gasteiger partial charge >= 0.3 is 0 Å². The number of fused-ring (bicyclic) bond motifs is 1. The molecule has 0 saturated carbocycles. The summed E-state index contributed by atoms with van der Waals surface area (Å²) < 4.78 is 6.54. The van der Waals surface area contributed by atoms with E-state index in [0.29, 0.717) is 17.9 Å². The van der Waals surface area contributed by atoms with Gasteiger partial charge in [0.05, 0.1) is 4.92 Å². The molecule has 1 heterocycles. The number of nitro groups is 1. The molecule has 1 aliphatic heterocycles. The van der Waals surface area contributed by atoms with E-state index in [0.717, 1.165) is 78.5 Å². The van der Waals surface area contributed by atoms with E-state index in [4.69, 9.17) is 4.74 Å². The Morgan fingerprint density at radius 1 is 1.00 bits per heavy atom. The Bertz CT molecular complexity index is 1010. The number of nitrogens with zero attached hydrogens (tertiary/aromatic N) is 1. The van der Waals surface area contributed by atoms with Crippen LogP contribution < -0.4 is 4.74 Å². The molecule has 1 N–H and O–H groups in total. The van der Waals surface area contributed by atoms with Gasteiger partial charge in [-0.3, -0.25) is 10.1 Å². The fourth-order valence-corrected chi connectivity index (χ4v) is 4.68. The Morgan fingerprint density at radius 3 is 2.24 bits per heavy atom. The first-order valence-corrected chi connectivity index (χ1v) is 12.5. The third-order valence-electron chi connectivity index (χ3n) is 7.34. The molecule has 0 fully saturated rings. The summed E-state index contributed by atoms with van der Waals surface area (Å²) in [5, 5.41) is 21.5. The van der Waals surface area contributed by atoms with Crippen molar-refractivity contribution in [1.82, 2.24) is 0 Å². The minimum atomic E-state index is -0.252. The minimum Gasteiger partial charge on any atom is -0.507 e. The largest absolute Gasteiger partial charge is 0.507 e. The van der Waals surface area contributed by atoms with E-state index in [1.807, 2.05) is 20.8 Å². The zero-order chi connectivity index (χ0) is 25.6. The highest BCUT2D eigenvalue weighted by Crippen LogP contribution is 2.44. The highest BCUT2D eigenvalue weighted by Gasteiger charge is 2.33. The molecular weight excluding hydrogens is 426 g/mol. The molecule has 0 spiro atoms. The second kappa shape index (κ2) is 11.7. The van der Waals surface area contributed by atoms with E-state index >= 15 is 0 Å². The maximum atomic E-state index is 11.1. The van der Waals surface area contributed by atoms with Crippen molar-refractivity contribution in [3.63, 3.8) is 0 Å². The zero-order valence-electron chi connectivity index (χ0n) is 22.4. The topological polar surface area (TPSA) is 72.6 Å². The van der Waals surface area contributed by atoms with E-state index in [-0.39, 0.29) is 10.5 Å². The van der Waals surface area contributed by atoms with Crippen molar-refractivity contribution in [3.8, 4) is 11.5 Å². The van der Waals surface area contributed by atoms with Crippen molar-refractivity contribution in [3.05, 3.63) is 66.9 Å². The van der Waals surface area contributed by atoms with Gasteiger partial charge in [0.1, 0.15) is 17.1 Å². The monoisotopic (exact) mass is 469 g/mol. The number of allylic oxidation sites excluding steroid dienone is 6. The summed E-state index contributed by atoms with van der Waals surface area (Å²) in [6.07, 6.45) is 11.5. The van der Waals surface area contributed by atoms with Gasteiger partial charge in [-0.2, -0.15) is 0 Å². The van der Waals surface area contributed by atoms with E-state index in [1.54, 1.807) is 13.8 Å². The Balaban J connectivity index is 1.87. The first-order chi connectivity index (χ1) is 15.9. The zero-order valence-corrected chi connectivity index (χ0v) is 22.4. The van der Waals surface area contributed by atoms with E-state index in [9.17, 15) is 15.2 Å². The van der Waals surface area contributed by atoms with Crippen LogP contribution in [0.25, 0.3) is 0 Å². The third-order valence-corrected chi connectivity index (χ3v) is 7.34. The lowest BCUT2D eigenvalue weighted by Gasteiger charge is -2.38. The molecule has 5 heteroatoms. The summed E-state index contributed by atoms with van der Waals surface area (Å²) in [6.45, 7) is 16.0. The van der Waals surface area contributed by atoms with Gasteiger partial charge in [0.25, 0.3) is 0 Å². The van der Waals surface area contributed by atoms with Gasteiger partial charge in [-0.05, 0) is 123 Å². The predicted octanol–water partition coefficient (Wildman–Crippen LogP) is 8.20. The second-order valence-electron chi connectivity index (χ2n) is 10.5. The number of aromatic hydroxyl groups is 1. The summed E-state index contributed by atoms with van der Waals surface area (Å²) in [5.74, 6) is 1.37. The summed E-state index contributed by atoms with van der Waals surface area (Å²) in [7, 11) is 0. The first-order valence-electron chi connectivity index (χ1n) is 12.5. The van der Waals surface area contributed by atoms with Gasteiger partial charge < -0.3 is 9.84 Å². The lowest BCUT2D eigenvalue weighted by atomic mass is 9.85. The molecule has 0 amide bonds. The number of hydrogen-bond donors (Lipinski definition) is 1. The van der Waals surface area contributed by atoms with Crippen LogP contribution in [0.1, 0.15) is 102 Å². The Morgan fingerprint density at radius 2 is 1.62 bits per heavy atom. The molecule has 0 aliphatic carbocycles. The molecule has 34 heavy (non-hydrogen) atoms. The number of rotatable bonds is 10. The van der Waals surface area contributed by atoms with Crippen molar-refractivity contribution in [2.24, 2.45) is 0 Å². The maximum absolute atomic E-state index is 11.1. The molecule has 0 bridgehead atoms. The van der Waals surface area contributed by atoms with Crippen LogP contribution in [0.15, 0.2) is 34.6 Å². The molecule has 2 rings (SSSR count). The van der Waals surface area contributed by atoms with Crippen LogP contribution in [0.4, 0.5) is 0 Å². The summed E-state index contributed by atoms with van der Waals surface area (Å²) in [5.41, 5.74) is 7.57. The maximum Gasteiger partial charge on any atom is 0.245 e. The summed E-state index contributed by atoms with van der Waals surface area (Å²) in [4.78, 5) is 10.9. The molecule has 0 radical (unpaired) electrons. The van der Waals surface area contributed by atoms with Gasteiger partial charge in [-0.1, -0.05) is 23.3 Å². The average Bonchev–Trinajstić information content (AvgIpc) is 2.75. The lowest BCUT2D eigenvalue weighted by molar-refractivity contribution is -0.429. The quantitative estimate of drug-likeness (QED) is 0.213. The van der Waals surface area contributed by atoms with Gasteiger partial charge in [0.2, 0.25) is 5.70 Å². The molecule has 1 aromatic rings. The number of phenolic OH excluding ortho intramolecular Hbond substituents is 1. The lowest BCUT2D eigenvalue weighted by Crippen LogP contribution is -2.37. The van der Waals surface area contributed by atoms with Crippen LogP contribution >= 0.6 is 0 Å². The molecule has 188 valence electrons. The van der Waals surface area contributed by atoms with Crippen LogP contribution in [0.3, 0.4) is 0 Å². The van der Waals surface area contributed by atoms with Crippen molar-refractivity contribution >= 4 is 0 Å². The Kier molecular flexibility index (Phi) is 9.54. The predicted molar refractivity (Wildman–Crippen MR) is 140 cm³/mol. The Hall–Kier alpha value is -2.56. The molecular formula is C29H43NO4. The number of ether oxygens (including phenoxy) is 1. The first kappa shape index (κ1) is 27.7. The molecule has 1 atom stereocenters. The number of hydrogen-bond acceptors (Lipinski definition) is 4. The van der Waals surface area contributed by atoms with Crippen LogP contribution in [-0.2, 0) is 6.42 Å². The van der Waals surface area contributed by atoms with Crippen LogP contribution in [0.5, 0.6) is 11.5 Å².